The molecule has 0 aliphatic heterocycles. The second kappa shape index (κ2) is 3.82. The van der Waals surface area contributed by atoms with Gasteiger partial charge in [0, 0.05) is 6.92 Å². The molecule has 0 saturated heterocycles. The quantitative estimate of drug-likeness (QED) is 0.327. The first-order valence-electron chi connectivity index (χ1n) is 2.92. The Balaban J connectivity index is 3.84. The highest BCUT2D eigenvalue weighted by Gasteiger charge is 2.11. The summed E-state index contributed by atoms with van der Waals surface area (Å²) in [5, 5.41) is 0. The van der Waals surface area contributed by atoms with Gasteiger partial charge in [0.25, 0.3) is 0 Å². The van der Waals surface area contributed by atoms with Crippen molar-refractivity contribution in [2.24, 2.45) is 5.92 Å². The molecule has 0 amide bonds. The average Bonchev–Trinajstić information content (AvgIpc) is 1.85. The van der Waals surface area contributed by atoms with Crippen LogP contribution in [0.5, 0.6) is 0 Å². The lowest BCUT2D eigenvalue weighted by atomic mass is 10.2. The molecule has 0 aromatic rings. The lowest BCUT2D eigenvalue weighted by Crippen LogP contribution is -2.15. The van der Waals surface area contributed by atoms with Crippen LogP contribution in [0.1, 0.15) is 13.8 Å². The van der Waals surface area contributed by atoms with E-state index in [4.69, 9.17) is 0 Å². The largest absolute Gasteiger partial charge is 0.393 e. The second-order valence-corrected chi connectivity index (χ2v) is 1.94. The summed E-state index contributed by atoms with van der Waals surface area (Å²) in [5.74, 6) is -1.55. The summed E-state index contributed by atoms with van der Waals surface area (Å²) >= 11 is 0. The van der Waals surface area contributed by atoms with Crippen LogP contribution >= 0.6 is 0 Å². The second-order valence-electron chi connectivity index (χ2n) is 1.94. The van der Waals surface area contributed by atoms with E-state index < -0.39 is 17.9 Å². The highest BCUT2D eigenvalue weighted by Crippen LogP contribution is 1.98. The molecule has 3 heteroatoms. The number of rotatable bonds is 2. The molecule has 0 saturated carbocycles. The Morgan fingerprint density at radius 2 is 2.10 bits per heavy atom. The van der Waals surface area contributed by atoms with Gasteiger partial charge in [-0.1, -0.05) is 6.08 Å². The van der Waals surface area contributed by atoms with Crippen LogP contribution in [0.15, 0.2) is 12.7 Å². The minimum Gasteiger partial charge on any atom is -0.393 e. The van der Waals surface area contributed by atoms with Gasteiger partial charge in [-0.3, -0.25) is 9.59 Å². The first-order valence-corrected chi connectivity index (χ1v) is 2.92. The molecule has 10 heavy (non-hydrogen) atoms. The van der Waals surface area contributed by atoms with Gasteiger partial charge in [-0.05, 0) is 6.92 Å². The van der Waals surface area contributed by atoms with Gasteiger partial charge in [0.05, 0.1) is 5.92 Å². The molecule has 56 valence electrons. The first-order chi connectivity index (χ1) is 4.57. The van der Waals surface area contributed by atoms with Crippen LogP contribution in [-0.2, 0) is 14.3 Å². The Morgan fingerprint density at radius 1 is 1.60 bits per heavy atom. The lowest BCUT2D eigenvalue weighted by molar-refractivity contribution is -0.159. The SMILES string of the molecule is C=CC(C)C(=O)OC(C)=O. The van der Waals surface area contributed by atoms with Crippen molar-refractivity contribution in [2.45, 2.75) is 13.8 Å². The van der Waals surface area contributed by atoms with Crippen molar-refractivity contribution < 1.29 is 14.3 Å². The van der Waals surface area contributed by atoms with Crippen LogP contribution in [-0.4, -0.2) is 11.9 Å². The molecule has 0 radical (unpaired) electrons. The van der Waals surface area contributed by atoms with Crippen molar-refractivity contribution >= 4 is 11.9 Å². The average molecular weight is 142 g/mol. The van der Waals surface area contributed by atoms with E-state index in [1.165, 1.54) is 13.0 Å². The van der Waals surface area contributed by atoms with Crippen molar-refractivity contribution in [3.63, 3.8) is 0 Å². The molecule has 0 bridgehead atoms. The summed E-state index contributed by atoms with van der Waals surface area (Å²) in [7, 11) is 0. The summed E-state index contributed by atoms with van der Waals surface area (Å²) in [4.78, 5) is 20.9. The predicted molar refractivity (Wildman–Crippen MR) is 36.1 cm³/mol. The zero-order valence-electron chi connectivity index (χ0n) is 6.09. The third-order valence-electron chi connectivity index (χ3n) is 0.970. The zero-order chi connectivity index (χ0) is 8.15. The summed E-state index contributed by atoms with van der Waals surface area (Å²) in [6, 6.07) is 0. The number of ether oxygens (including phenoxy) is 1. The number of carbonyl (C=O) groups is 2. The Hall–Kier alpha value is -1.12. The molecule has 0 rings (SSSR count). The summed E-state index contributed by atoms with van der Waals surface area (Å²) < 4.78 is 4.25. The monoisotopic (exact) mass is 142 g/mol. The molecule has 0 aromatic carbocycles. The fraction of sp³-hybridized carbons (Fsp3) is 0.429. The molecule has 0 aromatic heterocycles. The normalized spacial score (nSPS) is 11.8. The topological polar surface area (TPSA) is 43.4 Å². The van der Waals surface area contributed by atoms with E-state index in [2.05, 4.69) is 11.3 Å². The minimum absolute atomic E-state index is 0.413. The first kappa shape index (κ1) is 8.88. The van der Waals surface area contributed by atoms with Gasteiger partial charge in [0.2, 0.25) is 0 Å². The molecule has 0 spiro atoms. The highest BCUT2D eigenvalue weighted by atomic mass is 16.6. The van der Waals surface area contributed by atoms with E-state index in [1.807, 2.05) is 0 Å². The van der Waals surface area contributed by atoms with Gasteiger partial charge in [-0.25, -0.2) is 0 Å². The van der Waals surface area contributed by atoms with E-state index in [0.29, 0.717) is 0 Å². The summed E-state index contributed by atoms with van der Waals surface area (Å²) in [6.07, 6.45) is 1.42. The fourth-order valence-electron chi connectivity index (χ4n) is 0.331. The third kappa shape index (κ3) is 3.02. The molecule has 0 aliphatic rings. The minimum atomic E-state index is -0.585. The van der Waals surface area contributed by atoms with E-state index in [1.54, 1.807) is 6.92 Å². The lowest BCUT2D eigenvalue weighted by Gasteiger charge is -2.01. The van der Waals surface area contributed by atoms with Crippen LogP contribution in [0.2, 0.25) is 0 Å². The predicted octanol–water partition coefficient (Wildman–Crippen LogP) is 0.898. The summed E-state index contributed by atoms with van der Waals surface area (Å²) in [6.45, 7) is 6.17. The molecule has 1 atom stereocenters. The Morgan fingerprint density at radius 3 is 2.40 bits per heavy atom. The van der Waals surface area contributed by atoms with Crippen molar-refractivity contribution in [3.05, 3.63) is 12.7 Å². The van der Waals surface area contributed by atoms with E-state index in [0.717, 1.165) is 0 Å². The highest BCUT2D eigenvalue weighted by molar-refractivity contribution is 5.86. The molecule has 0 aliphatic carbocycles. The Labute approximate surface area is 59.7 Å². The molecule has 0 fully saturated rings. The van der Waals surface area contributed by atoms with Crippen LogP contribution in [0, 0.1) is 5.92 Å². The number of hydrogen-bond acceptors (Lipinski definition) is 3. The van der Waals surface area contributed by atoms with E-state index in [-0.39, 0.29) is 0 Å². The molecular formula is C7H10O3. The van der Waals surface area contributed by atoms with Gasteiger partial charge < -0.3 is 4.74 Å². The van der Waals surface area contributed by atoms with Crippen LogP contribution in [0.25, 0.3) is 0 Å². The number of hydrogen-bond donors (Lipinski definition) is 0. The van der Waals surface area contributed by atoms with Gasteiger partial charge in [0.1, 0.15) is 0 Å². The number of esters is 2. The fourth-order valence-corrected chi connectivity index (χ4v) is 0.331. The molecule has 0 N–H and O–H groups in total. The van der Waals surface area contributed by atoms with Crippen LogP contribution < -0.4 is 0 Å². The zero-order valence-corrected chi connectivity index (χ0v) is 6.09. The van der Waals surface area contributed by atoms with Crippen LogP contribution in [0.3, 0.4) is 0 Å². The molecular weight excluding hydrogens is 132 g/mol. The van der Waals surface area contributed by atoms with E-state index in [9.17, 15) is 9.59 Å². The Kier molecular flexibility index (Phi) is 3.39. The van der Waals surface area contributed by atoms with Crippen molar-refractivity contribution in [1.82, 2.24) is 0 Å². The number of carbonyl (C=O) groups excluding carboxylic acids is 2. The van der Waals surface area contributed by atoms with E-state index >= 15 is 0 Å². The maximum atomic E-state index is 10.7. The molecule has 0 heterocycles. The Bertz CT molecular complexity index is 160. The van der Waals surface area contributed by atoms with Crippen molar-refractivity contribution in [2.75, 3.05) is 0 Å². The molecule has 1 unspecified atom stereocenters. The van der Waals surface area contributed by atoms with Gasteiger partial charge in [-0.15, -0.1) is 6.58 Å². The molecule has 3 nitrogen and oxygen atoms in total. The maximum absolute atomic E-state index is 10.7. The van der Waals surface area contributed by atoms with Gasteiger partial charge >= 0.3 is 11.9 Å². The summed E-state index contributed by atoms with van der Waals surface area (Å²) in [5.41, 5.74) is 0. The van der Waals surface area contributed by atoms with Crippen molar-refractivity contribution in [3.8, 4) is 0 Å². The van der Waals surface area contributed by atoms with Crippen molar-refractivity contribution in [1.29, 1.82) is 0 Å². The van der Waals surface area contributed by atoms with Gasteiger partial charge in [0.15, 0.2) is 0 Å². The standard InChI is InChI=1S/C7H10O3/c1-4-5(2)7(9)10-6(3)8/h4-5H,1H2,2-3H3. The smallest absolute Gasteiger partial charge is 0.320 e. The van der Waals surface area contributed by atoms with Crippen LogP contribution in [0.4, 0.5) is 0 Å². The third-order valence-corrected chi connectivity index (χ3v) is 0.970. The maximum Gasteiger partial charge on any atom is 0.320 e. The van der Waals surface area contributed by atoms with Gasteiger partial charge in [-0.2, -0.15) is 0 Å².